The van der Waals surface area contributed by atoms with Crippen molar-refractivity contribution in [3.05, 3.63) is 44.8 Å². The molecule has 1 fully saturated rings. The van der Waals surface area contributed by atoms with Crippen molar-refractivity contribution >= 4 is 39.0 Å². The molecular weight excluding hydrogens is 340 g/mol. The average Bonchev–Trinajstić information content (AvgIpc) is 3.13. The van der Waals surface area contributed by atoms with Crippen LogP contribution in [0.2, 0.25) is 0 Å². The SMILES string of the molecule is Brc1cccc(SCc2nc(CNC3CC3)cs2)c1. The summed E-state index contributed by atoms with van der Waals surface area (Å²) < 4.78 is 1.13. The molecule has 100 valence electrons. The number of aromatic nitrogens is 1. The lowest BCUT2D eigenvalue weighted by atomic mass is 10.4. The van der Waals surface area contributed by atoms with Gasteiger partial charge in [0.2, 0.25) is 0 Å². The Morgan fingerprint density at radius 1 is 1.42 bits per heavy atom. The molecule has 1 aromatic carbocycles. The van der Waals surface area contributed by atoms with Gasteiger partial charge in [-0.3, -0.25) is 0 Å². The van der Waals surface area contributed by atoms with Crippen molar-refractivity contribution in [2.45, 2.75) is 36.1 Å². The van der Waals surface area contributed by atoms with Gasteiger partial charge in [0.15, 0.2) is 0 Å². The van der Waals surface area contributed by atoms with Crippen molar-refractivity contribution in [1.82, 2.24) is 10.3 Å². The molecular formula is C14H15BrN2S2. The van der Waals surface area contributed by atoms with Crippen LogP contribution in [-0.4, -0.2) is 11.0 Å². The van der Waals surface area contributed by atoms with Crippen LogP contribution in [0.1, 0.15) is 23.5 Å². The number of benzene rings is 1. The molecule has 2 nitrogen and oxygen atoms in total. The minimum absolute atomic E-state index is 0.751. The second-order valence-electron chi connectivity index (χ2n) is 4.63. The van der Waals surface area contributed by atoms with Crippen LogP contribution in [0.25, 0.3) is 0 Å². The van der Waals surface area contributed by atoms with Crippen molar-refractivity contribution in [1.29, 1.82) is 0 Å². The molecule has 1 N–H and O–H groups in total. The highest BCUT2D eigenvalue weighted by atomic mass is 79.9. The summed E-state index contributed by atoms with van der Waals surface area (Å²) in [5.41, 5.74) is 1.18. The van der Waals surface area contributed by atoms with Crippen LogP contribution >= 0.6 is 39.0 Å². The van der Waals surface area contributed by atoms with Gasteiger partial charge in [-0.15, -0.1) is 23.1 Å². The van der Waals surface area contributed by atoms with E-state index in [-0.39, 0.29) is 0 Å². The smallest absolute Gasteiger partial charge is 0.103 e. The summed E-state index contributed by atoms with van der Waals surface area (Å²) in [6.07, 6.45) is 2.66. The molecule has 1 aromatic heterocycles. The van der Waals surface area contributed by atoms with Gasteiger partial charge >= 0.3 is 0 Å². The Kier molecular flexibility index (Phi) is 4.58. The van der Waals surface area contributed by atoms with Gasteiger partial charge in [-0.2, -0.15) is 0 Å². The normalized spacial score (nSPS) is 14.8. The van der Waals surface area contributed by atoms with Crippen LogP contribution in [-0.2, 0) is 12.3 Å². The molecule has 0 aliphatic heterocycles. The summed E-state index contributed by atoms with van der Waals surface area (Å²) in [5.74, 6) is 0.949. The Morgan fingerprint density at radius 3 is 3.11 bits per heavy atom. The molecule has 0 bridgehead atoms. The Morgan fingerprint density at radius 2 is 2.32 bits per heavy atom. The lowest BCUT2D eigenvalue weighted by Gasteiger charge is -2.00. The minimum atomic E-state index is 0.751. The molecule has 0 spiro atoms. The van der Waals surface area contributed by atoms with Crippen molar-refractivity contribution in [3.8, 4) is 0 Å². The molecule has 3 rings (SSSR count). The molecule has 0 unspecified atom stereocenters. The largest absolute Gasteiger partial charge is 0.308 e. The van der Waals surface area contributed by atoms with E-state index in [2.05, 4.69) is 55.9 Å². The zero-order valence-corrected chi connectivity index (χ0v) is 13.7. The topological polar surface area (TPSA) is 24.9 Å². The molecule has 0 atom stereocenters. The fraction of sp³-hybridized carbons (Fsp3) is 0.357. The fourth-order valence-corrected chi connectivity index (χ4v) is 4.05. The molecule has 1 aliphatic carbocycles. The maximum atomic E-state index is 4.67. The maximum absolute atomic E-state index is 4.67. The Bertz CT molecular complexity index is 552. The third kappa shape index (κ3) is 4.31. The highest BCUT2D eigenvalue weighted by Crippen LogP contribution is 2.27. The van der Waals surface area contributed by atoms with Gasteiger partial charge in [0.05, 0.1) is 11.4 Å². The first-order valence-corrected chi connectivity index (χ1v) is 9.00. The number of hydrogen-bond donors (Lipinski definition) is 1. The number of nitrogens with one attached hydrogen (secondary N) is 1. The van der Waals surface area contributed by atoms with E-state index in [4.69, 9.17) is 0 Å². The van der Waals surface area contributed by atoms with Crippen molar-refractivity contribution < 1.29 is 0 Å². The Hall–Kier alpha value is -0.360. The lowest BCUT2D eigenvalue weighted by molar-refractivity contribution is 0.676. The van der Waals surface area contributed by atoms with Gasteiger partial charge in [-0.05, 0) is 31.0 Å². The van der Waals surface area contributed by atoms with Crippen LogP contribution in [0, 0.1) is 0 Å². The first-order chi connectivity index (χ1) is 9.29. The van der Waals surface area contributed by atoms with E-state index in [1.807, 2.05) is 11.8 Å². The molecule has 1 aliphatic rings. The fourth-order valence-electron chi connectivity index (χ4n) is 1.73. The highest BCUT2D eigenvalue weighted by molar-refractivity contribution is 9.10. The summed E-state index contributed by atoms with van der Waals surface area (Å²) in [4.78, 5) is 5.95. The zero-order valence-electron chi connectivity index (χ0n) is 10.4. The predicted octanol–water partition coefficient (Wildman–Crippen LogP) is 4.45. The van der Waals surface area contributed by atoms with E-state index in [0.717, 1.165) is 22.8 Å². The Balaban J connectivity index is 1.51. The van der Waals surface area contributed by atoms with Gasteiger partial charge in [-0.25, -0.2) is 4.98 Å². The van der Waals surface area contributed by atoms with Crippen LogP contribution in [0.4, 0.5) is 0 Å². The van der Waals surface area contributed by atoms with Crippen molar-refractivity contribution in [2.75, 3.05) is 0 Å². The molecule has 1 saturated carbocycles. The number of thiazole rings is 1. The van der Waals surface area contributed by atoms with Crippen LogP contribution in [0.15, 0.2) is 39.0 Å². The van der Waals surface area contributed by atoms with E-state index < -0.39 is 0 Å². The second-order valence-corrected chi connectivity index (χ2v) is 7.54. The van der Waals surface area contributed by atoms with Gasteiger partial charge in [0.25, 0.3) is 0 Å². The monoisotopic (exact) mass is 354 g/mol. The number of halogens is 1. The van der Waals surface area contributed by atoms with E-state index in [0.29, 0.717) is 0 Å². The van der Waals surface area contributed by atoms with Gasteiger partial charge in [0, 0.05) is 27.3 Å². The lowest BCUT2D eigenvalue weighted by Crippen LogP contribution is -2.15. The molecule has 0 radical (unpaired) electrons. The molecule has 1 heterocycles. The van der Waals surface area contributed by atoms with Crippen molar-refractivity contribution in [2.24, 2.45) is 0 Å². The summed E-state index contributed by atoms with van der Waals surface area (Å²) in [6.45, 7) is 0.919. The zero-order chi connectivity index (χ0) is 13.1. The van der Waals surface area contributed by atoms with Gasteiger partial charge in [-0.1, -0.05) is 22.0 Å². The third-order valence-corrected chi connectivity index (χ3v) is 5.49. The summed E-state index contributed by atoms with van der Waals surface area (Å²) >= 11 is 7.09. The number of thioether (sulfide) groups is 1. The van der Waals surface area contributed by atoms with E-state index in [9.17, 15) is 0 Å². The highest BCUT2D eigenvalue weighted by Gasteiger charge is 2.20. The van der Waals surface area contributed by atoms with Gasteiger partial charge in [0.1, 0.15) is 5.01 Å². The quantitative estimate of drug-likeness (QED) is 0.775. The molecule has 5 heteroatoms. The molecule has 19 heavy (non-hydrogen) atoms. The van der Waals surface area contributed by atoms with Crippen LogP contribution in [0.3, 0.4) is 0 Å². The predicted molar refractivity (Wildman–Crippen MR) is 85.7 cm³/mol. The first kappa shape index (κ1) is 13.6. The van der Waals surface area contributed by atoms with Crippen LogP contribution in [0.5, 0.6) is 0 Å². The van der Waals surface area contributed by atoms with E-state index >= 15 is 0 Å². The minimum Gasteiger partial charge on any atom is -0.308 e. The summed E-state index contributed by atoms with van der Waals surface area (Å²) in [6, 6.07) is 9.15. The number of rotatable bonds is 6. The maximum Gasteiger partial charge on any atom is 0.103 e. The molecule has 2 aromatic rings. The summed E-state index contributed by atoms with van der Waals surface area (Å²) in [7, 11) is 0. The second kappa shape index (κ2) is 6.39. The van der Waals surface area contributed by atoms with E-state index in [1.54, 1.807) is 11.3 Å². The third-order valence-electron chi connectivity index (χ3n) is 2.91. The molecule has 0 saturated heterocycles. The Labute approximate surface area is 130 Å². The molecule has 0 amide bonds. The average molecular weight is 355 g/mol. The first-order valence-electron chi connectivity index (χ1n) is 6.34. The number of nitrogens with zero attached hydrogens (tertiary/aromatic N) is 1. The standard InChI is InChI=1S/C14H15BrN2S2/c15-10-2-1-3-13(6-10)18-9-14-17-12(8-19-14)7-16-11-4-5-11/h1-3,6,8,11,16H,4-5,7,9H2. The van der Waals surface area contributed by atoms with Gasteiger partial charge < -0.3 is 5.32 Å². The summed E-state index contributed by atoms with van der Waals surface area (Å²) in [5, 5.41) is 6.88. The van der Waals surface area contributed by atoms with Crippen LogP contribution < -0.4 is 5.32 Å². The van der Waals surface area contributed by atoms with Crippen molar-refractivity contribution in [3.63, 3.8) is 0 Å². The number of hydrogen-bond acceptors (Lipinski definition) is 4. The van der Waals surface area contributed by atoms with E-state index in [1.165, 1.54) is 28.4 Å².